The molecule has 2 aliphatic carbocycles. The number of aldehydes is 1. The molecule has 0 amide bonds. The maximum atomic E-state index is 12.3. The maximum absolute atomic E-state index is 12.3. The van der Waals surface area contributed by atoms with Crippen LogP contribution in [0.25, 0.3) is 0 Å². The molecule has 0 bridgehead atoms. The van der Waals surface area contributed by atoms with E-state index in [9.17, 15) is 9.59 Å². The van der Waals surface area contributed by atoms with E-state index in [2.05, 4.69) is 27.4 Å². The minimum Gasteiger partial charge on any atom is -0.300 e. The van der Waals surface area contributed by atoms with Crippen LogP contribution in [0.15, 0.2) is 23.8 Å². The van der Waals surface area contributed by atoms with E-state index >= 15 is 0 Å². The minimum atomic E-state index is 0.0373. The number of hydrogen-bond acceptors (Lipinski definition) is 2. The Hall–Kier alpha value is -1.18. The fourth-order valence-electron chi connectivity index (χ4n) is 5.30. The number of rotatable bonds is 4. The van der Waals surface area contributed by atoms with Crippen LogP contribution in [0.3, 0.4) is 0 Å². The van der Waals surface area contributed by atoms with Crippen molar-refractivity contribution >= 4 is 12.1 Å². The molecule has 0 saturated heterocycles. The summed E-state index contributed by atoms with van der Waals surface area (Å²) in [5.74, 6) is 1.39. The van der Waals surface area contributed by atoms with Gasteiger partial charge in [0.25, 0.3) is 0 Å². The molecule has 2 saturated carbocycles. The van der Waals surface area contributed by atoms with Gasteiger partial charge >= 0.3 is 0 Å². The van der Waals surface area contributed by atoms with Gasteiger partial charge in [-0.15, -0.1) is 0 Å². The van der Waals surface area contributed by atoms with Crippen LogP contribution in [0.4, 0.5) is 0 Å². The molecule has 0 N–H and O–H groups in total. The summed E-state index contributed by atoms with van der Waals surface area (Å²) < 4.78 is 0. The first-order valence-corrected chi connectivity index (χ1v) is 8.51. The van der Waals surface area contributed by atoms with Gasteiger partial charge in [-0.2, -0.15) is 0 Å². The third-order valence-electron chi connectivity index (χ3n) is 6.19. The van der Waals surface area contributed by atoms with Crippen LogP contribution in [-0.4, -0.2) is 12.1 Å². The van der Waals surface area contributed by atoms with Crippen molar-refractivity contribution in [3.8, 4) is 0 Å². The Morgan fingerprint density at radius 3 is 2.64 bits per heavy atom. The Bertz CT molecular complexity index is 512. The number of carbonyl (C=O) groups excluding carboxylic acids is 2. The summed E-state index contributed by atoms with van der Waals surface area (Å²) in [5, 5.41) is 0. The van der Waals surface area contributed by atoms with Crippen molar-refractivity contribution in [2.24, 2.45) is 22.7 Å². The van der Waals surface area contributed by atoms with Crippen molar-refractivity contribution in [3.05, 3.63) is 23.8 Å². The van der Waals surface area contributed by atoms with Crippen molar-refractivity contribution in [3.63, 3.8) is 0 Å². The van der Waals surface area contributed by atoms with Crippen molar-refractivity contribution in [1.82, 2.24) is 0 Å². The zero-order chi connectivity index (χ0) is 16.5. The zero-order valence-corrected chi connectivity index (χ0v) is 14.6. The van der Waals surface area contributed by atoms with E-state index in [1.807, 2.05) is 6.92 Å². The summed E-state index contributed by atoms with van der Waals surface area (Å²) in [4.78, 5) is 23.0. The molecule has 0 heterocycles. The zero-order valence-electron chi connectivity index (χ0n) is 14.6. The molecule has 0 radical (unpaired) electrons. The number of allylic oxidation sites excluding steroid dienone is 3. The Morgan fingerprint density at radius 2 is 2.00 bits per heavy atom. The lowest BCUT2D eigenvalue weighted by Crippen LogP contribution is -2.52. The van der Waals surface area contributed by atoms with Gasteiger partial charge in [0.05, 0.1) is 0 Å². The van der Waals surface area contributed by atoms with Crippen molar-refractivity contribution in [1.29, 1.82) is 0 Å². The molecule has 0 aromatic rings. The van der Waals surface area contributed by atoms with Gasteiger partial charge < -0.3 is 0 Å². The summed E-state index contributed by atoms with van der Waals surface area (Å²) in [6.07, 6.45) is 8.10. The smallest absolute Gasteiger partial charge is 0.142 e. The van der Waals surface area contributed by atoms with E-state index in [1.54, 1.807) is 6.08 Å². The second-order valence-electron chi connectivity index (χ2n) is 8.38. The van der Waals surface area contributed by atoms with Gasteiger partial charge in [0.15, 0.2) is 0 Å². The lowest BCUT2D eigenvalue weighted by molar-refractivity contribution is -0.138. The van der Waals surface area contributed by atoms with Crippen LogP contribution in [-0.2, 0) is 9.59 Å². The van der Waals surface area contributed by atoms with Crippen LogP contribution in [0, 0.1) is 22.7 Å². The molecule has 22 heavy (non-hydrogen) atoms. The van der Waals surface area contributed by atoms with Crippen LogP contribution in [0.5, 0.6) is 0 Å². The molecule has 2 fully saturated rings. The minimum absolute atomic E-state index is 0.0373. The van der Waals surface area contributed by atoms with Gasteiger partial charge in [-0.1, -0.05) is 38.5 Å². The molecule has 0 aromatic carbocycles. The van der Waals surface area contributed by atoms with Crippen molar-refractivity contribution in [2.75, 3.05) is 0 Å². The van der Waals surface area contributed by atoms with E-state index in [0.29, 0.717) is 24.0 Å². The highest BCUT2D eigenvalue weighted by Crippen LogP contribution is 2.60. The summed E-state index contributed by atoms with van der Waals surface area (Å²) in [6, 6.07) is 0. The lowest BCUT2D eigenvalue weighted by Gasteiger charge is -2.57. The normalized spacial score (nSPS) is 35.2. The predicted molar refractivity (Wildman–Crippen MR) is 90.5 cm³/mol. The third-order valence-corrected chi connectivity index (χ3v) is 6.19. The Labute approximate surface area is 135 Å². The first kappa shape index (κ1) is 17.2. The van der Waals surface area contributed by atoms with Gasteiger partial charge in [0, 0.05) is 12.8 Å². The molecule has 0 aromatic heterocycles. The third kappa shape index (κ3) is 3.11. The molecule has 0 unspecified atom stereocenters. The molecule has 2 rings (SSSR count). The van der Waals surface area contributed by atoms with Crippen LogP contribution in [0.2, 0.25) is 0 Å². The van der Waals surface area contributed by atoms with Gasteiger partial charge in [0.1, 0.15) is 12.1 Å². The summed E-state index contributed by atoms with van der Waals surface area (Å²) in [7, 11) is 0. The van der Waals surface area contributed by atoms with Crippen LogP contribution < -0.4 is 0 Å². The second kappa shape index (κ2) is 6.14. The number of hydrogen-bond donors (Lipinski definition) is 0. The molecule has 3 atom stereocenters. The molecule has 122 valence electrons. The summed E-state index contributed by atoms with van der Waals surface area (Å²) >= 11 is 0. The second-order valence-corrected chi connectivity index (χ2v) is 8.38. The number of ketones is 1. The average molecular weight is 302 g/mol. The Morgan fingerprint density at radius 1 is 1.32 bits per heavy atom. The number of Topliss-reactive ketones (excluding diaryl/α,β-unsaturated/α-hetero) is 1. The molecule has 0 aliphatic heterocycles. The molecule has 2 nitrogen and oxygen atoms in total. The van der Waals surface area contributed by atoms with Gasteiger partial charge in [-0.3, -0.25) is 9.59 Å². The van der Waals surface area contributed by atoms with E-state index in [-0.39, 0.29) is 10.8 Å². The lowest BCUT2D eigenvalue weighted by atomic mass is 9.47. The Balaban J connectivity index is 2.26. The highest BCUT2D eigenvalue weighted by molar-refractivity contribution is 5.81. The van der Waals surface area contributed by atoms with E-state index in [4.69, 9.17) is 0 Å². The highest BCUT2D eigenvalue weighted by Gasteiger charge is 2.54. The first-order valence-electron chi connectivity index (χ1n) is 8.51. The fraction of sp³-hybridized carbons (Fsp3) is 0.700. The molecular weight excluding hydrogens is 272 g/mol. The average Bonchev–Trinajstić information content (AvgIpc) is 2.35. The number of carbonyl (C=O) groups is 2. The fourth-order valence-corrected chi connectivity index (χ4v) is 5.30. The monoisotopic (exact) mass is 302 g/mol. The van der Waals surface area contributed by atoms with Crippen LogP contribution in [0.1, 0.15) is 66.2 Å². The largest absolute Gasteiger partial charge is 0.300 e. The highest BCUT2D eigenvalue weighted by atomic mass is 16.1. The van der Waals surface area contributed by atoms with E-state index in [0.717, 1.165) is 44.0 Å². The van der Waals surface area contributed by atoms with E-state index < -0.39 is 0 Å². The van der Waals surface area contributed by atoms with Gasteiger partial charge in [-0.05, 0) is 61.3 Å². The van der Waals surface area contributed by atoms with Crippen molar-refractivity contribution in [2.45, 2.75) is 66.2 Å². The molecule has 2 aliphatic rings. The Kier molecular flexibility index (Phi) is 4.79. The predicted octanol–water partition coefficient (Wildman–Crippen LogP) is 4.89. The van der Waals surface area contributed by atoms with Crippen LogP contribution >= 0.6 is 0 Å². The molecule has 0 spiro atoms. The standard InChI is InChI=1S/C20H30O2/c1-14(10-11-21)6-8-17-15(2)7-9-18-19(3,4)12-16(22)13-20(17,18)5/h10-11,17-18H,2,6-9,12-13H2,1,3-5H3/b14-10-/t17-,18-,20+/m1/s1. The van der Waals surface area contributed by atoms with Gasteiger partial charge in [0.2, 0.25) is 0 Å². The number of fused-ring (bicyclic) bond motifs is 1. The summed E-state index contributed by atoms with van der Waals surface area (Å²) in [5.41, 5.74) is 2.56. The first-order chi connectivity index (χ1) is 10.2. The summed E-state index contributed by atoms with van der Waals surface area (Å²) in [6.45, 7) is 13.2. The van der Waals surface area contributed by atoms with Gasteiger partial charge in [-0.25, -0.2) is 0 Å². The molecule has 2 heteroatoms. The topological polar surface area (TPSA) is 34.1 Å². The van der Waals surface area contributed by atoms with Crippen molar-refractivity contribution < 1.29 is 9.59 Å². The quantitative estimate of drug-likeness (QED) is 0.421. The molecular formula is C20H30O2. The maximum Gasteiger partial charge on any atom is 0.142 e. The SMILES string of the molecule is C=C1CC[C@@H]2C(C)(C)CC(=O)C[C@@]2(C)[C@@H]1CC/C(C)=C\C=O. The van der Waals surface area contributed by atoms with E-state index in [1.165, 1.54) is 5.57 Å².